The van der Waals surface area contributed by atoms with Crippen LogP contribution in [-0.4, -0.2) is 60.4 Å². The minimum absolute atomic E-state index is 0.0927. The molecule has 2 aromatic carbocycles. The molecule has 0 radical (unpaired) electrons. The predicted octanol–water partition coefficient (Wildman–Crippen LogP) is 3.28. The van der Waals surface area contributed by atoms with E-state index in [0.717, 1.165) is 18.7 Å². The predicted molar refractivity (Wildman–Crippen MR) is 125 cm³/mol. The Balaban J connectivity index is 1.93. The molecule has 0 aliphatic heterocycles. The number of rotatable bonds is 9. The van der Waals surface area contributed by atoms with Crippen LogP contribution in [0, 0.1) is 0 Å². The van der Waals surface area contributed by atoms with E-state index in [2.05, 4.69) is 10.6 Å². The van der Waals surface area contributed by atoms with E-state index in [1.54, 1.807) is 17.0 Å². The first kappa shape index (κ1) is 26.6. The van der Waals surface area contributed by atoms with E-state index in [0.29, 0.717) is 24.9 Å². The lowest BCUT2D eigenvalue weighted by atomic mass is 10.0. The van der Waals surface area contributed by atoms with Gasteiger partial charge in [-0.05, 0) is 36.1 Å². The SMILES string of the molecule is CCCN(CCO)c1cc(NC(=O)N[C@@H]2Cc3ccccc3[C@@H]2O)c(OC)c([C@@H](O)C(F)(F)F)c1. The zero-order chi connectivity index (χ0) is 25.8. The van der Waals surface area contributed by atoms with Crippen LogP contribution >= 0.6 is 0 Å². The molecule has 1 aliphatic carbocycles. The number of halogens is 3. The number of carbonyl (C=O) groups is 1. The second kappa shape index (κ2) is 11.1. The fourth-order valence-corrected chi connectivity index (χ4v) is 4.31. The molecule has 3 atom stereocenters. The highest BCUT2D eigenvalue weighted by atomic mass is 19.4. The van der Waals surface area contributed by atoms with Crippen molar-refractivity contribution < 1.29 is 38.0 Å². The highest BCUT2D eigenvalue weighted by Crippen LogP contribution is 2.43. The van der Waals surface area contributed by atoms with Gasteiger partial charge in [0.15, 0.2) is 6.10 Å². The lowest BCUT2D eigenvalue weighted by Crippen LogP contribution is -2.40. The molecular formula is C24H30F3N3O5. The number of hydrogen-bond donors (Lipinski definition) is 5. The van der Waals surface area contributed by atoms with E-state index < -0.39 is 36.0 Å². The average molecular weight is 498 g/mol. The van der Waals surface area contributed by atoms with Crippen LogP contribution < -0.4 is 20.3 Å². The molecular weight excluding hydrogens is 467 g/mol. The smallest absolute Gasteiger partial charge is 0.418 e. The Morgan fingerprint density at radius 2 is 1.97 bits per heavy atom. The maximum absolute atomic E-state index is 13.4. The summed E-state index contributed by atoms with van der Waals surface area (Å²) in [5.41, 5.74) is 1.19. The molecule has 35 heavy (non-hydrogen) atoms. The van der Waals surface area contributed by atoms with Gasteiger partial charge < -0.3 is 35.6 Å². The Labute approximate surface area is 201 Å². The molecule has 0 spiro atoms. The number of aliphatic hydroxyl groups is 3. The minimum atomic E-state index is -4.97. The molecule has 0 saturated heterocycles. The highest BCUT2D eigenvalue weighted by molar-refractivity contribution is 5.92. The van der Waals surface area contributed by atoms with Crippen molar-refractivity contribution >= 4 is 17.4 Å². The molecule has 0 bridgehead atoms. The Hall–Kier alpha value is -3.02. The van der Waals surface area contributed by atoms with Crippen molar-refractivity contribution in [1.29, 1.82) is 0 Å². The zero-order valence-corrected chi connectivity index (χ0v) is 19.5. The van der Waals surface area contributed by atoms with E-state index in [-0.39, 0.29) is 30.3 Å². The molecule has 192 valence electrons. The molecule has 0 heterocycles. The third kappa shape index (κ3) is 5.98. The number of amides is 2. The molecule has 2 aromatic rings. The molecule has 3 rings (SSSR count). The van der Waals surface area contributed by atoms with Gasteiger partial charge in [0.1, 0.15) is 5.75 Å². The number of alkyl halides is 3. The number of methoxy groups -OCH3 is 1. The van der Waals surface area contributed by atoms with Gasteiger partial charge >= 0.3 is 12.2 Å². The molecule has 0 unspecified atom stereocenters. The first-order chi connectivity index (χ1) is 16.6. The van der Waals surface area contributed by atoms with Crippen molar-refractivity contribution in [3.8, 4) is 5.75 Å². The summed E-state index contributed by atoms with van der Waals surface area (Å²) in [5, 5.41) is 35.1. The highest BCUT2D eigenvalue weighted by Gasteiger charge is 2.42. The quantitative estimate of drug-likeness (QED) is 0.363. The number of fused-ring (bicyclic) bond motifs is 1. The topological polar surface area (TPSA) is 114 Å². The van der Waals surface area contributed by atoms with Crippen LogP contribution in [0.15, 0.2) is 36.4 Å². The molecule has 2 amide bonds. The van der Waals surface area contributed by atoms with Gasteiger partial charge in [-0.3, -0.25) is 0 Å². The molecule has 5 N–H and O–H groups in total. The molecule has 0 saturated carbocycles. The van der Waals surface area contributed by atoms with Crippen molar-refractivity contribution in [3.05, 3.63) is 53.1 Å². The summed E-state index contributed by atoms with van der Waals surface area (Å²) in [6.07, 6.45) is -7.73. The normalized spacial score (nSPS) is 18.1. The summed E-state index contributed by atoms with van der Waals surface area (Å²) in [6, 6.07) is 8.40. The van der Waals surface area contributed by atoms with Gasteiger partial charge in [-0.25, -0.2) is 4.79 Å². The first-order valence-corrected chi connectivity index (χ1v) is 11.3. The van der Waals surface area contributed by atoms with E-state index in [1.807, 2.05) is 19.1 Å². The monoisotopic (exact) mass is 497 g/mol. The number of aliphatic hydroxyl groups excluding tert-OH is 3. The lowest BCUT2D eigenvalue weighted by Gasteiger charge is -2.28. The summed E-state index contributed by atoms with van der Waals surface area (Å²) in [4.78, 5) is 14.5. The van der Waals surface area contributed by atoms with E-state index in [1.165, 1.54) is 6.07 Å². The van der Waals surface area contributed by atoms with E-state index in [9.17, 15) is 33.3 Å². The first-order valence-electron chi connectivity index (χ1n) is 11.3. The summed E-state index contributed by atoms with van der Waals surface area (Å²) >= 11 is 0. The van der Waals surface area contributed by atoms with Gasteiger partial charge in [-0.2, -0.15) is 13.2 Å². The maximum atomic E-state index is 13.4. The van der Waals surface area contributed by atoms with Gasteiger partial charge in [-0.1, -0.05) is 31.2 Å². The van der Waals surface area contributed by atoms with Crippen molar-refractivity contribution in [2.75, 3.05) is 37.0 Å². The lowest BCUT2D eigenvalue weighted by molar-refractivity contribution is -0.207. The van der Waals surface area contributed by atoms with Gasteiger partial charge in [0, 0.05) is 24.3 Å². The van der Waals surface area contributed by atoms with Crippen molar-refractivity contribution in [2.24, 2.45) is 0 Å². The number of anilines is 2. The number of benzene rings is 2. The summed E-state index contributed by atoms with van der Waals surface area (Å²) < 4.78 is 45.5. The third-order valence-corrected chi connectivity index (χ3v) is 5.90. The van der Waals surface area contributed by atoms with Gasteiger partial charge in [0.2, 0.25) is 0 Å². The fraction of sp³-hybridized carbons (Fsp3) is 0.458. The number of urea groups is 1. The Bertz CT molecular complexity index is 1030. The standard InChI is InChI=1S/C24H30F3N3O5/c1-3-8-30(9-10-31)15-12-17(22(33)24(25,26)27)21(35-2)19(13-15)29-23(34)28-18-11-14-6-4-5-7-16(14)20(18)32/h4-7,12-13,18,20,22,31-33H,3,8-11H2,1-2H3,(H2,28,29,34)/t18-,20+,22-/m1/s1. The number of hydrogen-bond acceptors (Lipinski definition) is 6. The van der Waals surface area contributed by atoms with Crippen molar-refractivity contribution in [2.45, 2.75) is 44.2 Å². The molecule has 0 fully saturated rings. The Morgan fingerprint density at radius 1 is 1.26 bits per heavy atom. The number of nitrogens with one attached hydrogen (secondary N) is 2. The molecule has 11 heteroatoms. The van der Waals surface area contributed by atoms with Crippen LogP contribution in [0.5, 0.6) is 5.75 Å². The summed E-state index contributed by atoms with van der Waals surface area (Å²) in [7, 11) is 1.14. The number of ether oxygens (including phenoxy) is 1. The fourth-order valence-electron chi connectivity index (χ4n) is 4.31. The van der Waals surface area contributed by atoms with E-state index in [4.69, 9.17) is 4.74 Å². The third-order valence-electron chi connectivity index (χ3n) is 5.90. The summed E-state index contributed by atoms with van der Waals surface area (Å²) in [6.45, 7) is 2.19. The van der Waals surface area contributed by atoms with Crippen LogP contribution in [0.2, 0.25) is 0 Å². The van der Waals surface area contributed by atoms with Crippen LogP contribution in [-0.2, 0) is 6.42 Å². The van der Waals surface area contributed by atoms with Gasteiger partial charge in [-0.15, -0.1) is 0 Å². The Morgan fingerprint density at radius 3 is 2.57 bits per heavy atom. The zero-order valence-electron chi connectivity index (χ0n) is 19.5. The van der Waals surface area contributed by atoms with Crippen LogP contribution in [0.25, 0.3) is 0 Å². The van der Waals surface area contributed by atoms with Crippen molar-refractivity contribution in [3.63, 3.8) is 0 Å². The van der Waals surface area contributed by atoms with Gasteiger partial charge in [0.25, 0.3) is 0 Å². The van der Waals surface area contributed by atoms with Crippen molar-refractivity contribution in [1.82, 2.24) is 5.32 Å². The second-order valence-corrected chi connectivity index (χ2v) is 8.32. The number of carbonyl (C=O) groups excluding carboxylic acids is 1. The largest absolute Gasteiger partial charge is 0.494 e. The van der Waals surface area contributed by atoms with Crippen LogP contribution in [0.1, 0.15) is 42.2 Å². The summed E-state index contributed by atoms with van der Waals surface area (Å²) in [5.74, 6) is -0.343. The molecule has 8 nitrogen and oxygen atoms in total. The van der Waals surface area contributed by atoms with Crippen LogP contribution in [0.3, 0.4) is 0 Å². The minimum Gasteiger partial charge on any atom is -0.494 e. The Kier molecular flexibility index (Phi) is 8.47. The molecule has 0 aromatic heterocycles. The molecule has 1 aliphatic rings. The van der Waals surface area contributed by atoms with Gasteiger partial charge in [0.05, 0.1) is 31.5 Å². The second-order valence-electron chi connectivity index (χ2n) is 8.32. The maximum Gasteiger partial charge on any atom is 0.418 e. The van der Waals surface area contributed by atoms with E-state index >= 15 is 0 Å². The average Bonchev–Trinajstić information content (AvgIpc) is 3.12. The number of nitrogens with zero attached hydrogens (tertiary/aromatic N) is 1. The van der Waals surface area contributed by atoms with Crippen LogP contribution in [0.4, 0.5) is 29.3 Å².